The van der Waals surface area contributed by atoms with Crippen molar-refractivity contribution in [3.63, 3.8) is 0 Å². The Morgan fingerprint density at radius 1 is 1.29 bits per heavy atom. The van der Waals surface area contributed by atoms with Crippen molar-refractivity contribution in [2.24, 2.45) is 5.92 Å². The van der Waals surface area contributed by atoms with Crippen LogP contribution in [0.4, 0.5) is 0 Å². The first-order chi connectivity index (χ1) is 13.6. The number of benzene rings is 1. The van der Waals surface area contributed by atoms with Gasteiger partial charge < -0.3 is 19.9 Å². The van der Waals surface area contributed by atoms with E-state index in [-0.39, 0.29) is 30.4 Å². The van der Waals surface area contributed by atoms with E-state index in [0.29, 0.717) is 18.8 Å². The van der Waals surface area contributed by atoms with E-state index >= 15 is 0 Å². The van der Waals surface area contributed by atoms with Gasteiger partial charge in [0.05, 0.1) is 0 Å². The molecule has 2 aliphatic rings. The van der Waals surface area contributed by atoms with Gasteiger partial charge in [0, 0.05) is 35.6 Å². The second-order valence-electron chi connectivity index (χ2n) is 7.53. The van der Waals surface area contributed by atoms with Gasteiger partial charge in [0.25, 0.3) is 5.91 Å². The van der Waals surface area contributed by atoms with Gasteiger partial charge in [-0.25, -0.2) is 0 Å². The van der Waals surface area contributed by atoms with Gasteiger partial charge in [-0.1, -0.05) is 40.9 Å². The van der Waals surface area contributed by atoms with Crippen LogP contribution in [0.15, 0.2) is 40.6 Å². The molecule has 0 saturated heterocycles. The van der Waals surface area contributed by atoms with E-state index in [1.54, 1.807) is 0 Å². The molecule has 1 aromatic rings. The van der Waals surface area contributed by atoms with Crippen molar-refractivity contribution in [3.8, 4) is 0 Å². The first-order valence-corrected chi connectivity index (χ1v) is 11.1. The molecular weight excluding hydrogens is 422 g/mol. The molecule has 6 heteroatoms. The standard InChI is InChI=1S/C22H30BrNO4/c1-2-27-22-18(8-5-13-25)19(15-9-11-16(23)12-10-15)14-20(28-22)21(26)24-17-6-3-4-7-17/h9-12,14,17-19,22,25H,2-8,13H2,1H3,(H,24,26)/t18-,19+,22+/m0/s1. The number of carbonyl (C=O) groups excluding carboxylic acids is 1. The lowest BCUT2D eigenvalue weighted by molar-refractivity contribution is -0.166. The number of aliphatic hydroxyl groups excluding tert-OH is 1. The molecule has 0 bridgehead atoms. The zero-order chi connectivity index (χ0) is 19.9. The SMILES string of the molecule is CCO[C@@H]1OC(C(=O)NC2CCCC2)=C[C@H](c2ccc(Br)cc2)[C@@H]1CCCO. The van der Waals surface area contributed by atoms with Crippen LogP contribution in [-0.2, 0) is 14.3 Å². The predicted molar refractivity (Wildman–Crippen MR) is 112 cm³/mol. The van der Waals surface area contributed by atoms with Crippen LogP contribution < -0.4 is 5.32 Å². The Morgan fingerprint density at radius 2 is 2.00 bits per heavy atom. The van der Waals surface area contributed by atoms with Gasteiger partial charge in [0.2, 0.25) is 6.29 Å². The average Bonchev–Trinajstić information content (AvgIpc) is 3.20. The third-order valence-corrected chi connectivity index (χ3v) is 6.11. The minimum absolute atomic E-state index is 0.00530. The molecular formula is C22H30BrNO4. The summed E-state index contributed by atoms with van der Waals surface area (Å²) in [5, 5.41) is 12.5. The molecule has 2 N–H and O–H groups in total. The Morgan fingerprint density at radius 3 is 2.64 bits per heavy atom. The zero-order valence-electron chi connectivity index (χ0n) is 16.4. The van der Waals surface area contributed by atoms with Crippen LogP contribution in [0.5, 0.6) is 0 Å². The van der Waals surface area contributed by atoms with Crippen LogP contribution in [0, 0.1) is 5.92 Å². The topological polar surface area (TPSA) is 67.8 Å². The molecule has 1 aromatic carbocycles. The van der Waals surface area contributed by atoms with Gasteiger partial charge in [-0.05, 0) is 56.4 Å². The smallest absolute Gasteiger partial charge is 0.286 e. The van der Waals surface area contributed by atoms with Gasteiger partial charge in [-0.15, -0.1) is 0 Å². The number of nitrogens with one attached hydrogen (secondary N) is 1. The number of rotatable bonds is 8. The Balaban J connectivity index is 1.87. The van der Waals surface area contributed by atoms with Crippen LogP contribution in [0.3, 0.4) is 0 Å². The summed E-state index contributed by atoms with van der Waals surface area (Å²) < 4.78 is 12.9. The molecule has 28 heavy (non-hydrogen) atoms. The van der Waals surface area contributed by atoms with Crippen LogP contribution in [0.1, 0.15) is 56.9 Å². The average molecular weight is 452 g/mol. The third-order valence-electron chi connectivity index (χ3n) is 5.58. The van der Waals surface area contributed by atoms with Crippen molar-refractivity contribution in [3.05, 3.63) is 46.1 Å². The molecule has 3 rings (SSSR count). The Hall–Kier alpha value is -1.37. The lowest BCUT2D eigenvalue weighted by Crippen LogP contribution is -2.41. The number of aliphatic hydroxyl groups is 1. The summed E-state index contributed by atoms with van der Waals surface area (Å²) in [5.74, 6) is 0.225. The van der Waals surface area contributed by atoms with Crippen molar-refractivity contribution in [1.29, 1.82) is 0 Å². The van der Waals surface area contributed by atoms with E-state index in [2.05, 4.69) is 33.4 Å². The first-order valence-electron chi connectivity index (χ1n) is 10.3. The van der Waals surface area contributed by atoms with Crippen molar-refractivity contribution in [2.45, 2.75) is 63.7 Å². The molecule has 0 unspecified atom stereocenters. The summed E-state index contributed by atoms with van der Waals surface area (Å²) in [5.41, 5.74) is 1.12. The number of ether oxygens (including phenoxy) is 2. The van der Waals surface area contributed by atoms with Crippen molar-refractivity contribution >= 4 is 21.8 Å². The summed E-state index contributed by atoms with van der Waals surface area (Å²) in [7, 11) is 0. The number of carbonyl (C=O) groups is 1. The fraction of sp³-hybridized carbons (Fsp3) is 0.591. The summed E-state index contributed by atoms with van der Waals surface area (Å²) in [6.07, 6.45) is 7.25. The molecule has 0 aromatic heterocycles. The molecule has 3 atom stereocenters. The maximum Gasteiger partial charge on any atom is 0.286 e. The highest BCUT2D eigenvalue weighted by molar-refractivity contribution is 9.10. The Labute approximate surface area is 175 Å². The third kappa shape index (κ3) is 5.37. The van der Waals surface area contributed by atoms with E-state index in [4.69, 9.17) is 9.47 Å². The molecule has 1 amide bonds. The van der Waals surface area contributed by atoms with Crippen molar-refractivity contribution < 1.29 is 19.4 Å². The molecule has 154 valence electrons. The summed E-state index contributed by atoms with van der Waals surface area (Å²) in [6.45, 7) is 2.56. The van der Waals surface area contributed by atoms with Gasteiger partial charge in [0.1, 0.15) is 0 Å². The van der Waals surface area contributed by atoms with E-state index in [1.165, 1.54) is 0 Å². The lowest BCUT2D eigenvalue weighted by Gasteiger charge is -2.37. The van der Waals surface area contributed by atoms with Gasteiger partial charge in [-0.2, -0.15) is 0 Å². The normalized spacial score (nSPS) is 25.2. The molecule has 0 spiro atoms. The van der Waals surface area contributed by atoms with E-state index in [9.17, 15) is 9.90 Å². The number of halogens is 1. The predicted octanol–water partition coefficient (Wildman–Crippen LogP) is 4.26. The molecule has 0 radical (unpaired) electrons. The van der Waals surface area contributed by atoms with Gasteiger partial charge in [0.15, 0.2) is 5.76 Å². The highest BCUT2D eigenvalue weighted by Crippen LogP contribution is 2.39. The van der Waals surface area contributed by atoms with Gasteiger partial charge in [-0.3, -0.25) is 4.79 Å². The molecule has 1 heterocycles. The largest absolute Gasteiger partial charge is 0.459 e. The number of allylic oxidation sites excluding steroid dienone is 1. The first kappa shape index (κ1) is 21.3. The quantitative estimate of drug-likeness (QED) is 0.619. The maximum atomic E-state index is 12.8. The second kappa shape index (κ2) is 10.4. The molecule has 1 fully saturated rings. The van der Waals surface area contributed by atoms with E-state index in [0.717, 1.165) is 42.1 Å². The summed E-state index contributed by atoms with van der Waals surface area (Å²) in [6, 6.07) is 8.39. The van der Waals surface area contributed by atoms with Crippen LogP contribution in [-0.4, -0.2) is 36.6 Å². The van der Waals surface area contributed by atoms with E-state index < -0.39 is 6.29 Å². The Kier molecular flexibility index (Phi) is 7.94. The number of hydrogen-bond donors (Lipinski definition) is 2. The zero-order valence-corrected chi connectivity index (χ0v) is 18.0. The molecule has 1 aliphatic heterocycles. The highest BCUT2D eigenvalue weighted by atomic mass is 79.9. The molecule has 5 nitrogen and oxygen atoms in total. The monoisotopic (exact) mass is 451 g/mol. The van der Waals surface area contributed by atoms with Crippen molar-refractivity contribution in [2.75, 3.05) is 13.2 Å². The summed E-state index contributed by atoms with van der Waals surface area (Å²) in [4.78, 5) is 12.8. The minimum Gasteiger partial charge on any atom is -0.459 e. The fourth-order valence-corrected chi connectivity index (χ4v) is 4.42. The fourth-order valence-electron chi connectivity index (χ4n) is 4.16. The number of amides is 1. The van der Waals surface area contributed by atoms with Crippen LogP contribution in [0.2, 0.25) is 0 Å². The minimum atomic E-state index is -0.500. The van der Waals surface area contributed by atoms with E-state index in [1.807, 2.05) is 25.1 Å². The maximum absolute atomic E-state index is 12.8. The highest BCUT2D eigenvalue weighted by Gasteiger charge is 2.38. The van der Waals surface area contributed by atoms with Crippen LogP contribution >= 0.6 is 15.9 Å². The number of hydrogen-bond acceptors (Lipinski definition) is 4. The summed E-state index contributed by atoms with van der Waals surface area (Å²) >= 11 is 3.49. The second-order valence-corrected chi connectivity index (χ2v) is 8.45. The Bertz CT molecular complexity index is 670. The molecule has 1 aliphatic carbocycles. The van der Waals surface area contributed by atoms with Crippen LogP contribution in [0.25, 0.3) is 0 Å². The molecule has 1 saturated carbocycles. The lowest BCUT2D eigenvalue weighted by atomic mass is 9.80. The van der Waals surface area contributed by atoms with Gasteiger partial charge >= 0.3 is 0 Å². The van der Waals surface area contributed by atoms with Crippen molar-refractivity contribution in [1.82, 2.24) is 5.32 Å².